The van der Waals surface area contributed by atoms with Crippen molar-refractivity contribution in [3.63, 3.8) is 0 Å². The van der Waals surface area contributed by atoms with Gasteiger partial charge in [0, 0.05) is 36.2 Å². The first-order valence-electron chi connectivity index (χ1n) is 23.2. The van der Waals surface area contributed by atoms with Crippen molar-refractivity contribution in [2.45, 2.75) is 115 Å². The Bertz CT molecular complexity index is 2650. The fourth-order valence-electron chi connectivity index (χ4n) is 11.4. The van der Waals surface area contributed by atoms with Crippen molar-refractivity contribution < 1.29 is 38.1 Å². The molecule has 6 heterocycles. The monoisotopic (exact) mass is 886 g/mol. The van der Waals surface area contributed by atoms with Gasteiger partial charge in [0.15, 0.2) is 0 Å². The lowest BCUT2D eigenvalue weighted by Crippen LogP contribution is -2.54. The van der Waals surface area contributed by atoms with Crippen LogP contribution in [-0.2, 0) is 30.4 Å². The van der Waals surface area contributed by atoms with Crippen molar-refractivity contribution in [2.75, 3.05) is 27.4 Å². The molecule has 5 aromatic rings. The highest BCUT2D eigenvalue weighted by atomic mass is 16.5. The summed E-state index contributed by atoms with van der Waals surface area (Å²) in [7, 11) is 2.62. The van der Waals surface area contributed by atoms with Gasteiger partial charge in [0.05, 0.1) is 49.2 Å². The van der Waals surface area contributed by atoms with E-state index in [1.54, 1.807) is 0 Å². The molecule has 0 bridgehead atoms. The van der Waals surface area contributed by atoms with E-state index in [0.717, 1.165) is 106 Å². The maximum Gasteiger partial charge on any atom is 0.407 e. The van der Waals surface area contributed by atoms with Gasteiger partial charge in [0.1, 0.15) is 36.1 Å². The molecule has 5 aliphatic rings. The van der Waals surface area contributed by atoms with Crippen LogP contribution in [0.3, 0.4) is 0 Å². The first-order chi connectivity index (χ1) is 31.5. The highest BCUT2D eigenvalue weighted by Gasteiger charge is 2.49. The summed E-state index contributed by atoms with van der Waals surface area (Å²) in [6, 6.07) is 12.9. The van der Waals surface area contributed by atoms with Gasteiger partial charge in [-0.3, -0.25) is 9.59 Å². The van der Waals surface area contributed by atoms with E-state index in [-0.39, 0.29) is 47.8 Å². The molecule has 4 N–H and O–H groups in total. The molecule has 16 heteroatoms. The van der Waals surface area contributed by atoms with E-state index in [1.165, 1.54) is 14.2 Å². The van der Waals surface area contributed by atoms with Crippen molar-refractivity contribution in [1.29, 1.82) is 0 Å². The third kappa shape index (κ3) is 7.72. The molecule has 342 valence electrons. The number of rotatable bonds is 9. The minimum absolute atomic E-state index is 0.0375. The maximum atomic E-state index is 14.4. The zero-order valence-corrected chi connectivity index (χ0v) is 37.6. The first-order valence-corrected chi connectivity index (χ1v) is 23.2. The number of imidazole rings is 2. The van der Waals surface area contributed by atoms with Gasteiger partial charge in [-0.15, -0.1) is 0 Å². The molecule has 3 aromatic carbocycles. The van der Waals surface area contributed by atoms with Crippen LogP contribution in [0.25, 0.3) is 44.2 Å². The lowest BCUT2D eigenvalue weighted by Gasteiger charge is -2.36. The predicted molar refractivity (Wildman–Crippen MR) is 242 cm³/mol. The summed E-state index contributed by atoms with van der Waals surface area (Å²) in [6.07, 6.45) is 7.45. The Kier molecular flexibility index (Phi) is 11.4. The van der Waals surface area contributed by atoms with Crippen LogP contribution >= 0.6 is 0 Å². The number of nitrogens with zero attached hydrogens (tertiary/aromatic N) is 4. The number of fused-ring (bicyclic) bond motifs is 7. The molecule has 4 fully saturated rings. The molecule has 1 aliphatic carbocycles. The number of hydrogen-bond acceptors (Lipinski definition) is 10. The average Bonchev–Trinajstić information content (AvgIpc) is 4.18. The summed E-state index contributed by atoms with van der Waals surface area (Å²) in [4.78, 5) is 74.4. The van der Waals surface area contributed by atoms with Crippen molar-refractivity contribution in [3.05, 3.63) is 65.9 Å². The zero-order valence-electron chi connectivity index (χ0n) is 37.6. The Labute approximate surface area is 377 Å². The highest BCUT2D eigenvalue weighted by Crippen LogP contribution is 2.48. The molecular formula is C49H58N8O8. The number of alkyl carbamates (subject to hydrolysis) is 2. The van der Waals surface area contributed by atoms with E-state index in [2.05, 4.69) is 63.9 Å². The van der Waals surface area contributed by atoms with Crippen molar-refractivity contribution >= 4 is 45.8 Å². The Morgan fingerprint density at radius 1 is 0.831 bits per heavy atom. The number of likely N-dealkylation sites (tertiary alicyclic amines) is 2. The Hall–Kier alpha value is -6.16. The van der Waals surface area contributed by atoms with Gasteiger partial charge in [0.25, 0.3) is 0 Å². The van der Waals surface area contributed by atoms with Crippen LogP contribution in [0.2, 0.25) is 0 Å². The van der Waals surface area contributed by atoms with Gasteiger partial charge >= 0.3 is 12.2 Å². The lowest BCUT2D eigenvalue weighted by atomic mass is 9.90. The summed E-state index contributed by atoms with van der Waals surface area (Å²) in [5, 5.41) is 7.62. The van der Waals surface area contributed by atoms with E-state index in [9.17, 15) is 19.2 Å². The summed E-state index contributed by atoms with van der Waals surface area (Å²) in [6.45, 7) is 7.40. The number of amides is 4. The molecular weight excluding hydrogens is 829 g/mol. The Balaban J connectivity index is 0.906. The van der Waals surface area contributed by atoms with Crippen LogP contribution in [0.5, 0.6) is 5.75 Å². The van der Waals surface area contributed by atoms with Crippen LogP contribution < -0.4 is 15.4 Å². The molecule has 7 atom stereocenters. The third-order valence-corrected chi connectivity index (χ3v) is 14.8. The highest BCUT2D eigenvalue weighted by molar-refractivity contribution is 6.07. The standard InChI is InChI=1S/C49H58N8O8/c1-25(2)41(54-48(60)62-4)46(58)57-37-8-6-7-30(37)21-39(57)44-50-23-36(52-44)29-10-12-32-31(19-29)24-65-40-22-33-28(20-34(32)40)11-13-35-43(33)53-45(51-35)38-14-9-26(3)56(38)47(59)42(55-49(61)63-5)27-15-17-64-18-16-27/h10-13,19-20,22-23,25-27,30,37-39,41-42H,6-9,14-18,21,24H2,1-5H3,(H,50,52)(H,51,53)(H,54,60)(H,55,61). The lowest BCUT2D eigenvalue weighted by molar-refractivity contribution is -0.139. The van der Waals surface area contributed by atoms with Gasteiger partial charge in [-0.2, -0.15) is 0 Å². The van der Waals surface area contributed by atoms with Gasteiger partial charge < -0.3 is 49.3 Å². The molecule has 0 spiro atoms. The molecule has 2 aromatic heterocycles. The largest absolute Gasteiger partial charge is 0.488 e. The predicted octanol–water partition coefficient (Wildman–Crippen LogP) is 7.69. The first kappa shape index (κ1) is 42.8. The normalized spacial score (nSPS) is 23.8. The van der Waals surface area contributed by atoms with Gasteiger partial charge in [-0.25, -0.2) is 19.6 Å². The van der Waals surface area contributed by atoms with Crippen LogP contribution in [0.1, 0.15) is 101 Å². The van der Waals surface area contributed by atoms with Crippen LogP contribution in [0.15, 0.2) is 48.7 Å². The molecule has 7 unspecified atom stereocenters. The molecule has 0 radical (unpaired) electrons. The summed E-state index contributed by atoms with van der Waals surface area (Å²) in [5.74, 6) is 2.24. The molecule has 16 nitrogen and oxygen atoms in total. The molecule has 4 aliphatic heterocycles. The van der Waals surface area contributed by atoms with E-state index in [4.69, 9.17) is 28.9 Å². The number of nitrogens with one attached hydrogen (secondary N) is 4. The number of benzene rings is 3. The number of aromatic nitrogens is 4. The molecule has 1 saturated carbocycles. The average molecular weight is 887 g/mol. The Morgan fingerprint density at radius 2 is 1.63 bits per heavy atom. The Morgan fingerprint density at radius 3 is 2.42 bits per heavy atom. The van der Waals surface area contributed by atoms with Gasteiger partial charge in [-0.05, 0) is 116 Å². The zero-order chi connectivity index (χ0) is 45.1. The van der Waals surface area contributed by atoms with Gasteiger partial charge in [-0.1, -0.05) is 38.5 Å². The molecule has 3 saturated heterocycles. The second kappa shape index (κ2) is 17.3. The fourth-order valence-corrected chi connectivity index (χ4v) is 11.4. The number of aromatic amines is 2. The second-order valence-electron chi connectivity index (χ2n) is 18.9. The van der Waals surface area contributed by atoms with E-state index < -0.39 is 24.3 Å². The third-order valence-electron chi connectivity index (χ3n) is 14.8. The number of carbonyl (C=O) groups is 4. The van der Waals surface area contributed by atoms with E-state index in [0.29, 0.717) is 38.6 Å². The van der Waals surface area contributed by atoms with Gasteiger partial charge in [0.2, 0.25) is 11.8 Å². The number of ether oxygens (including phenoxy) is 4. The summed E-state index contributed by atoms with van der Waals surface area (Å²) >= 11 is 0. The molecule has 10 rings (SSSR count). The smallest absolute Gasteiger partial charge is 0.407 e. The topological polar surface area (TPSA) is 193 Å². The van der Waals surface area contributed by atoms with Crippen molar-refractivity contribution in [2.24, 2.45) is 17.8 Å². The quantitative estimate of drug-likeness (QED) is 0.114. The number of carbonyl (C=O) groups excluding carboxylic acids is 4. The fraction of sp³-hybridized carbons (Fsp3) is 0.510. The molecule has 4 amide bonds. The summed E-state index contributed by atoms with van der Waals surface area (Å²) < 4.78 is 21.9. The van der Waals surface area contributed by atoms with Crippen molar-refractivity contribution in [3.8, 4) is 28.1 Å². The van der Waals surface area contributed by atoms with Crippen LogP contribution in [-0.4, -0.2) is 105 Å². The van der Waals surface area contributed by atoms with Crippen LogP contribution in [0.4, 0.5) is 9.59 Å². The SMILES string of the molecule is COC(=O)NC(C(=O)N1C(c2ncc(-c3ccc4c(c3)COc3cc5c(ccc6[nH]c(C7CCC(C)N7C(=O)C(NC(=O)OC)C7CCOCC7)nc65)cc3-4)[nH]2)CC2CCCC21)C(C)C. The van der Waals surface area contributed by atoms with E-state index >= 15 is 0 Å². The second-order valence-corrected chi connectivity index (χ2v) is 18.9. The van der Waals surface area contributed by atoms with Crippen LogP contribution in [0, 0.1) is 17.8 Å². The minimum atomic E-state index is -0.721. The van der Waals surface area contributed by atoms with Crippen molar-refractivity contribution in [1.82, 2.24) is 40.4 Å². The van der Waals surface area contributed by atoms with E-state index in [1.807, 2.05) is 35.9 Å². The number of H-pyrrole nitrogens is 2. The number of methoxy groups -OCH3 is 2. The summed E-state index contributed by atoms with van der Waals surface area (Å²) in [5.41, 5.74) is 6.65. The maximum absolute atomic E-state index is 14.4. The molecule has 65 heavy (non-hydrogen) atoms. The number of hydrogen-bond donors (Lipinski definition) is 4. The minimum Gasteiger partial charge on any atom is -0.488 e.